The van der Waals surface area contributed by atoms with Crippen molar-refractivity contribution in [1.82, 2.24) is 0 Å². The maximum absolute atomic E-state index is 4.24. The van der Waals surface area contributed by atoms with Gasteiger partial charge >= 0.3 is 0 Å². The Morgan fingerprint density at radius 1 is 1.11 bits per heavy atom. The van der Waals surface area contributed by atoms with E-state index >= 15 is 0 Å². The van der Waals surface area contributed by atoms with E-state index in [1.165, 1.54) is 35.1 Å². The summed E-state index contributed by atoms with van der Waals surface area (Å²) < 4.78 is 0. The summed E-state index contributed by atoms with van der Waals surface area (Å²) in [7, 11) is 0. The first-order valence-electron chi connectivity index (χ1n) is 7.23. The van der Waals surface area contributed by atoms with Crippen molar-refractivity contribution in [3.63, 3.8) is 0 Å². The van der Waals surface area contributed by atoms with Crippen molar-refractivity contribution in [2.24, 2.45) is 0 Å². The number of hydrogen-bond acceptors (Lipinski definition) is 0. The van der Waals surface area contributed by atoms with Crippen LogP contribution >= 0.6 is 0 Å². The Bertz CT molecular complexity index is 307. The average molecular weight is 248 g/mol. The van der Waals surface area contributed by atoms with Crippen molar-refractivity contribution in [2.45, 2.75) is 67.7 Å². The van der Waals surface area contributed by atoms with Gasteiger partial charge in [-0.25, -0.2) is 0 Å². The van der Waals surface area contributed by atoms with Gasteiger partial charge in [-0.05, 0) is 57.3 Å². The van der Waals surface area contributed by atoms with Crippen LogP contribution in [0.3, 0.4) is 0 Å². The Morgan fingerprint density at radius 2 is 1.67 bits per heavy atom. The van der Waals surface area contributed by atoms with Crippen molar-refractivity contribution in [1.29, 1.82) is 0 Å². The maximum atomic E-state index is 4.24. The predicted molar refractivity (Wildman–Crippen MR) is 87.0 cm³/mol. The number of unbranched alkanes of at least 4 members (excludes halogenated alkanes) is 1. The molecule has 0 aromatic heterocycles. The van der Waals surface area contributed by atoms with Crippen LogP contribution in [0.1, 0.15) is 67.7 Å². The quantitative estimate of drug-likeness (QED) is 0.463. The summed E-state index contributed by atoms with van der Waals surface area (Å²) in [4.78, 5) is 0. The van der Waals surface area contributed by atoms with E-state index in [1.807, 2.05) is 20.8 Å². The van der Waals surface area contributed by atoms with Crippen LogP contribution in [0.15, 0.2) is 47.1 Å². The van der Waals surface area contributed by atoms with Gasteiger partial charge in [-0.15, -0.1) is 0 Å². The first-order chi connectivity index (χ1) is 8.58. The van der Waals surface area contributed by atoms with Crippen LogP contribution in [-0.4, -0.2) is 0 Å². The third-order valence-corrected chi connectivity index (χ3v) is 2.75. The molecule has 0 aromatic carbocycles. The van der Waals surface area contributed by atoms with Crippen molar-refractivity contribution in [3.05, 3.63) is 47.1 Å². The monoisotopic (exact) mass is 248 g/mol. The second kappa shape index (κ2) is 12.4. The van der Waals surface area contributed by atoms with Gasteiger partial charge in [-0.2, -0.15) is 0 Å². The van der Waals surface area contributed by atoms with E-state index < -0.39 is 0 Å². The van der Waals surface area contributed by atoms with Gasteiger partial charge in [-0.1, -0.05) is 57.6 Å². The lowest BCUT2D eigenvalue weighted by Crippen LogP contribution is -1.94. The molecule has 0 N–H and O–H groups in total. The molecule has 104 valence electrons. The first-order valence-corrected chi connectivity index (χ1v) is 7.23. The molecule has 0 saturated carbocycles. The molecule has 0 aliphatic carbocycles. The van der Waals surface area contributed by atoms with Crippen molar-refractivity contribution in [3.8, 4) is 0 Å². The van der Waals surface area contributed by atoms with Gasteiger partial charge in [0, 0.05) is 0 Å². The highest BCUT2D eigenvalue weighted by atomic mass is 14.1. The molecule has 0 bridgehead atoms. The van der Waals surface area contributed by atoms with E-state index in [1.54, 1.807) is 0 Å². The molecule has 0 unspecified atom stereocenters. The molecule has 0 heterocycles. The minimum Gasteiger partial charge on any atom is -0.0909 e. The van der Waals surface area contributed by atoms with Crippen LogP contribution in [0, 0.1) is 0 Å². The van der Waals surface area contributed by atoms with Gasteiger partial charge in [0.05, 0.1) is 0 Å². The lowest BCUT2D eigenvalue weighted by molar-refractivity contribution is 0.787. The number of allylic oxidation sites excluding steroid dienone is 7. The fraction of sp³-hybridized carbons (Fsp3) is 0.556. The van der Waals surface area contributed by atoms with Gasteiger partial charge in [0.2, 0.25) is 0 Å². The lowest BCUT2D eigenvalue weighted by atomic mass is 9.92. The van der Waals surface area contributed by atoms with Crippen LogP contribution in [0.5, 0.6) is 0 Å². The van der Waals surface area contributed by atoms with Gasteiger partial charge < -0.3 is 0 Å². The minimum atomic E-state index is 1.15. The highest BCUT2D eigenvalue weighted by Gasteiger charge is 2.06. The first kappa shape index (κ1) is 19.3. The van der Waals surface area contributed by atoms with Crippen molar-refractivity contribution < 1.29 is 0 Å². The molecule has 0 aliphatic rings. The Kier molecular flexibility index (Phi) is 13.3. The fourth-order valence-corrected chi connectivity index (χ4v) is 1.78. The van der Waals surface area contributed by atoms with E-state index in [9.17, 15) is 0 Å². The highest BCUT2D eigenvalue weighted by molar-refractivity contribution is 5.51. The van der Waals surface area contributed by atoms with Crippen LogP contribution in [0.4, 0.5) is 0 Å². The Morgan fingerprint density at radius 3 is 2.00 bits per heavy atom. The van der Waals surface area contributed by atoms with E-state index in [4.69, 9.17) is 0 Å². The van der Waals surface area contributed by atoms with Crippen molar-refractivity contribution in [2.75, 3.05) is 0 Å². The van der Waals surface area contributed by atoms with Gasteiger partial charge in [-0.3, -0.25) is 0 Å². The third-order valence-electron chi connectivity index (χ3n) is 2.75. The van der Waals surface area contributed by atoms with Crippen LogP contribution in [-0.2, 0) is 0 Å². The summed E-state index contributed by atoms with van der Waals surface area (Å²) in [6.07, 6.45) is 9.97. The highest BCUT2D eigenvalue weighted by Crippen LogP contribution is 2.26. The Hall–Kier alpha value is -1.04. The van der Waals surface area contributed by atoms with Crippen LogP contribution < -0.4 is 0 Å². The second-order valence-corrected chi connectivity index (χ2v) is 4.30. The molecule has 0 saturated heterocycles. The molecule has 0 amide bonds. The summed E-state index contributed by atoms with van der Waals surface area (Å²) >= 11 is 0. The van der Waals surface area contributed by atoms with Crippen molar-refractivity contribution >= 4 is 0 Å². The molecule has 0 fully saturated rings. The average Bonchev–Trinajstić information content (AvgIpc) is 2.38. The molecule has 0 heteroatoms. The maximum Gasteiger partial charge on any atom is -0.0228 e. The molecular weight excluding hydrogens is 216 g/mol. The largest absolute Gasteiger partial charge is 0.0909 e. The molecule has 0 aliphatic heterocycles. The van der Waals surface area contributed by atoms with Crippen LogP contribution in [0.25, 0.3) is 0 Å². The van der Waals surface area contributed by atoms with Crippen LogP contribution in [0.2, 0.25) is 0 Å². The minimum absolute atomic E-state index is 1.15. The van der Waals surface area contributed by atoms with Gasteiger partial charge in [0.1, 0.15) is 0 Å². The Labute approximate surface area is 115 Å². The van der Waals surface area contributed by atoms with Gasteiger partial charge in [0.15, 0.2) is 0 Å². The second-order valence-electron chi connectivity index (χ2n) is 4.30. The van der Waals surface area contributed by atoms with E-state index in [0.29, 0.717) is 0 Å². The third kappa shape index (κ3) is 7.32. The summed E-state index contributed by atoms with van der Waals surface area (Å²) in [5.41, 5.74) is 5.25. The van der Waals surface area contributed by atoms with E-state index in [0.717, 1.165) is 6.42 Å². The molecule has 18 heavy (non-hydrogen) atoms. The SMILES string of the molecule is C=C(C(CCCC)=C(C)C)C(/C=C\C)=C/C.CC. The van der Waals surface area contributed by atoms with E-state index in [2.05, 4.69) is 52.5 Å². The smallest absolute Gasteiger partial charge is 0.0228 e. The van der Waals surface area contributed by atoms with Gasteiger partial charge in [0.25, 0.3) is 0 Å². The molecule has 0 radical (unpaired) electrons. The lowest BCUT2D eigenvalue weighted by Gasteiger charge is -2.14. The standard InChI is InChI=1S/C16H26.C2H6/c1-7-10-12-16(13(4)5)14(6)15(9-3)11-8-2;1-2/h8-9,11H,6-7,10,12H2,1-5H3;1-2H3/b11-8-,15-9+;. The topological polar surface area (TPSA) is 0 Å². The molecule has 0 nitrogen and oxygen atoms in total. The fourth-order valence-electron chi connectivity index (χ4n) is 1.78. The molecule has 0 aromatic rings. The summed E-state index contributed by atoms with van der Waals surface area (Å²) in [5, 5.41) is 0. The molecule has 0 spiro atoms. The molecule has 0 atom stereocenters. The molecular formula is C18H32. The summed E-state index contributed by atoms with van der Waals surface area (Å²) in [6, 6.07) is 0. The summed E-state index contributed by atoms with van der Waals surface area (Å²) in [5.74, 6) is 0. The summed E-state index contributed by atoms with van der Waals surface area (Å²) in [6.45, 7) is 18.9. The number of hydrogen-bond donors (Lipinski definition) is 0. The van der Waals surface area contributed by atoms with E-state index in [-0.39, 0.29) is 0 Å². The zero-order valence-corrected chi connectivity index (χ0v) is 13.6. The molecule has 0 rings (SSSR count). The predicted octanol–water partition coefficient (Wildman–Crippen LogP) is 6.62. The zero-order chi connectivity index (χ0) is 14.6. The zero-order valence-electron chi connectivity index (χ0n) is 13.6. The Balaban J connectivity index is 0. The normalized spacial score (nSPS) is 10.9. The number of rotatable bonds is 6.